The van der Waals surface area contributed by atoms with Crippen LogP contribution < -0.4 is 5.32 Å². The third-order valence-corrected chi connectivity index (χ3v) is 2.46. The molecule has 2 rings (SSSR count). The molecule has 0 radical (unpaired) electrons. The highest BCUT2D eigenvalue weighted by Crippen LogP contribution is 2.37. The summed E-state index contributed by atoms with van der Waals surface area (Å²) in [6, 6.07) is 0. The number of terminal acetylenes is 1. The molecule has 1 aliphatic rings. The number of amides is 1. The molecule has 0 aromatic carbocycles. The topological polar surface area (TPSA) is 70.7 Å². The first kappa shape index (κ1) is 10.7. The molecular weight excluding hydrogens is 204 g/mol. The van der Waals surface area contributed by atoms with Crippen LogP contribution in [0.25, 0.3) is 0 Å². The number of carbonyl (C=O) groups excluding carboxylic acids is 1. The SMILES string of the molecule is C#CC(C)(C)NC(=O)c1n[nH]c(C2CC2)n1. The van der Waals surface area contributed by atoms with Gasteiger partial charge >= 0.3 is 0 Å². The number of hydrogen-bond acceptors (Lipinski definition) is 3. The van der Waals surface area contributed by atoms with E-state index in [2.05, 4.69) is 26.4 Å². The van der Waals surface area contributed by atoms with Gasteiger partial charge in [-0.05, 0) is 26.7 Å². The Morgan fingerprint density at radius 3 is 2.88 bits per heavy atom. The first-order chi connectivity index (χ1) is 7.52. The van der Waals surface area contributed by atoms with Gasteiger partial charge in [-0.2, -0.15) is 0 Å². The molecule has 2 N–H and O–H groups in total. The Labute approximate surface area is 94.0 Å². The van der Waals surface area contributed by atoms with Gasteiger partial charge in [0.15, 0.2) is 0 Å². The molecule has 0 bridgehead atoms. The van der Waals surface area contributed by atoms with E-state index < -0.39 is 5.54 Å². The predicted molar refractivity (Wildman–Crippen MR) is 58.7 cm³/mol. The van der Waals surface area contributed by atoms with Crippen LogP contribution in [-0.4, -0.2) is 26.6 Å². The van der Waals surface area contributed by atoms with Crippen molar-refractivity contribution in [2.24, 2.45) is 0 Å². The van der Waals surface area contributed by atoms with Gasteiger partial charge in [-0.1, -0.05) is 5.92 Å². The van der Waals surface area contributed by atoms with Crippen molar-refractivity contribution >= 4 is 5.91 Å². The summed E-state index contributed by atoms with van der Waals surface area (Å²) in [5.41, 5.74) is -0.683. The summed E-state index contributed by atoms with van der Waals surface area (Å²) < 4.78 is 0. The molecule has 0 saturated heterocycles. The fourth-order valence-electron chi connectivity index (χ4n) is 1.29. The van der Waals surface area contributed by atoms with Crippen LogP contribution >= 0.6 is 0 Å². The van der Waals surface area contributed by atoms with E-state index in [0.717, 1.165) is 18.7 Å². The lowest BCUT2D eigenvalue weighted by molar-refractivity contribution is 0.0919. The largest absolute Gasteiger partial charge is 0.333 e. The van der Waals surface area contributed by atoms with E-state index in [0.29, 0.717) is 5.92 Å². The summed E-state index contributed by atoms with van der Waals surface area (Å²) in [7, 11) is 0. The van der Waals surface area contributed by atoms with E-state index in [1.807, 2.05) is 0 Å². The molecule has 0 aliphatic heterocycles. The summed E-state index contributed by atoms with van der Waals surface area (Å²) in [6.45, 7) is 3.50. The second-order valence-corrected chi connectivity index (χ2v) is 4.54. The standard InChI is InChI=1S/C11H14N4O/c1-4-11(2,3)13-10(16)9-12-8(14-15-9)7-5-6-7/h1,7H,5-6H2,2-3H3,(H,13,16)(H,12,14,15). The molecule has 84 valence electrons. The highest BCUT2D eigenvalue weighted by Gasteiger charge is 2.29. The Morgan fingerprint density at radius 1 is 1.62 bits per heavy atom. The fraction of sp³-hybridized carbons (Fsp3) is 0.545. The summed E-state index contributed by atoms with van der Waals surface area (Å²) in [4.78, 5) is 15.9. The average molecular weight is 218 g/mol. The zero-order valence-electron chi connectivity index (χ0n) is 9.37. The Morgan fingerprint density at radius 2 is 2.31 bits per heavy atom. The van der Waals surface area contributed by atoms with Gasteiger partial charge in [-0.25, -0.2) is 4.98 Å². The van der Waals surface area contributed by atoms with Crippen molar-refractivity contribution in [2.75, 3.05) is 0 Å². The van der Waals surface area contributed by atoms with Crippen LogP contribution in [0.2, 0.25) is 0 Å². The lowest BCUT2D eigenvalue weighted by Crippen LogP contribution is -2.42. The molecule has 1 aliphatic carbocycles. The van der Waals surface area contributed by atoms with E-state index in [9.17, 15) is 4.79 Å². The molecular formula is C11H14N4O. The van der Waals surface area contributed by atoms with Crippen molar-refractivity contribution in [1.82, 2.24) is 20.5 Å². The summed E-state index contributed by atoms with van der Waals surface area (Å²) in [6.07, 6.45) is 7.52. The normalized spacial score (nSPS) is 15.6. The maximum Gasteiger partial charge on any atom is 0.292 e. The molecule has 0 spiro atoms. The molecule has 5 heteroatoms. The lowest BCUT2D eigenvalue weighted by atomic mass is 10.1. The minimum absolute atomic E-state index is 0.158. The molecule has 1 aromatic heterocycles. The minimum Gasteiger partial charge on any atom is -0.333 e. The molecule has 5 nitrogen and oxygen atoms in total. The van der Waals surface area contributed by atoms with E-state index in [4.69, 9.17) is 6.42 Å². The Balaban J connectivity index is 2.06. The molecule has 0 unspecified atom stereocenters. The number of carbonyl (C=O) groups is 1. The number of H-pyrrole nitrogens is 1. The van der Waals surface area contributed by atoms with E-state index in [1.165, 1.54) is 0 Å². The number of nitrogens with zero attached hydrogens (tertiary/aromatic N) is 2. The third-order valence-electron chi connectivity index (χ3n) is 2.46. The quantitative estimate of drug-likeness (QED) is 0.738. The smallest absolute Gasteiger partial charge is 0.292 e. The summed E-state index contributed by atoms with van der Waals surface area (Å²) >= 11 is 0. The van der Waals surface area contributed by atoms with Crippen molar-refractivity contribution < 1.29 is 4.79 Å². The van der Waals surface area contributed by atoms with E-state index in [-0.39, 0.29) is 11.7 Å². The van der Waals surface area contributed by atoms with Crippen LogP contribution in [0.1, 0.15) is 49.1 Å². The van der Waals surface area contributed by atoms with Gasteiger partial charge in [0, 0.05) is 5.92 Å². The second-order valence-electron chi connectivity index (χ2n) is 4.54. The fourth-order valence-corrected chi connectivity index (χ4v) is 1.29. The van der Waals surface area contributed by atoms with Gasteiger partial charge in [0.05, 0.1) is 5.54 Å². The number of nitrogens with one attached hydrogen (secondary N) is 2. The maximum absolute atomic E-state index is 11.7. The molecule has 1 heterocycles. The highest BCUT2D eigenvalue weighted by molar-refractivity contribution is 5.91. The van der Waals surface area contributed by atoms with Crippen molar-refractivity contribution in [1.29, 1.82) is 0 Å². The van der Waals surface area contributed by atoms with Gasteiger partial charge in [-0.15, -0.1) is 11.5 Å². The first-order valence-electron chi connectivity index (χ1n) is 5.24. The van der Waals surface area contributed by atoms with Crippen LogP contribution in [-0.2, 0) is 0 Å². The predicted octanol–water partition coefficient (Wildman–Crippen LogP) is 0.824. The third kappa shape index (κ3) is 2.22. The summed E-state index contributed by atoms with van der Waals surface area (Å²) in [5.74, 6) is 3.55. The van der Waals surface area contributed by atoms with Gasteiger partial charge in [-0.3, -0.25) is 9.89 Å². The van der Waals surface area contributed by atoms with Gasteiger partial charge in [0.2, 0.25) is 5.82 Å². The maximum atomic E-state index is 11.7. The number of rotatable bonds is 3. The lowest BCUT2D eigenvalue weighted by Gasteiger charge is -2.17. The van der Waals surface area contributed by atoms with E-state index >= 15 is 0 Å². The molecule has 1 saturated carbocycles. The van der Waals surface area contributed by atoms with Crippen LogP contribution in [0.15, 0.2) is 0 Å². The van der Waals surface area contributed by atoms with Gasteiger partial charge in [0.25, 0.3) is 5.91 Å². The zero-order chi connectivity index (χ0) is 11.8. The van der Waals surface area contributed by atoms with Crippen LogP contribution in [0.5, 0.6) is 0 Å². The zero-order valence-corrected chi connectivity index (χ0v) is 9.37. The van der Waals surface area contributed by atoms with Gasteiger partial charge < -0.3 is 5.32 Å². The van der Waals surface area contributed by atoms with Crippen LogP contribution in [0, 0.1) is 12.3 Å². The van der Waals surface area contributed by atoms with Crippen molar-refractivity contribution in [3.63, 3.8) is 0 Å². The van der Waals surface area contributed by atoms with Crippen molar-refractivity contribution in [2.45, 2.75) is 38.1 Å². The highest BCUT2D eigenvalue weighted by atomic mass is 16.2. The van der Waals surface area contributed by atoms with E-state index in [1.54, 1.807) is 13.8 Å². The molecule has 1 fully saturated rings. The van der Waals surface area contributed by atoms with Crippen molar-refractivity contribution in [3.8, 4) is 12.3 Å². The Bertz CT molecular complexity index is 451. The van der Waals surface area contributed by atoms with Gasteiger partial charge in [0.1, 0.15) is 5.82 Å². The number of hydrogen-bond donors (Lipinski definition) is 2. The average Bonchev–Trinajstić information content (AvgIpc) is 2.96. The Hall–Kier alpha value is -1.83. The molecule has 0 atom stereocenters. The summed E-state index contributed by atoms with van der Waals surface area (Å²) in [5, 5.41) is 9.33. The van der Waals surface area contributed by atoms with Crippen molar-refractivity contribution in [3.05, 3.63) is 11.6 Å². The first-order valence-corrected chi connectivity index (χ1v) is 5.24. The monoisotopic (exact) mass is 218 g/mol. The molecule has 1 aromatic rings. The minimum atomic E-state index is -0.683. The number of aromatic nitrogens is 3. The molecule has 1 amide bonds. The Kier molecular flexibility index (Phi) is 2.43. The van der Waals surface area contributed by atoms with Crippen LogP contribution in [0.3, 0.4) is 0 Å². The number of aromatic amines is 1. The second kappa shape index (κ2) is 3.63. The molecule has 16 heavy (non-hydrogen) atoms. The van der Waals surface area contributed by atoms with Crippen LogP contribution in [0.4, 0.5) is 0 Å².